The smallest absolute Gasteiger partial charge is 0.356 e. The Labute approximate surface area is 170 Å². The van der Waals surface area contributed by atoms with Crippen molar-refractivity contribution in [2.24, 2.45) is 11.8 Å². The van der Waals surface area contributed by atoms with Crippen LogP contribution in [-0.2, 0) is 9.53 Å². The van der Waals surface area contributed by atoms with Gasteiger partial charge in [-0.2, -0.15) is 0 Å². The van der Waals surface area contributed by atoms with Crippen LogP contribution in [0.25, 0.3) is 0 Å². The van der Waals surface area contributed by atoms with E-state index in [0.29, 0.717) is 24.8 Å². The molecule has 2 N–H and O–H groups in total. The zero-order valence-corrected chi connectivity index (χ0v) is 16.6. The average molecular weight is 403 g/mol. The first-order chi connectivity index (χ1) is 14.1. The van der Waals surface area contributed by atoms with Crippen LogP contribution in [0.4, 0.5) is 5.82 Å². The van der Waals surface area contributed by atoms with E-state index in [4.69, 9.17) is 9.84 Å². The molecule has 3 heterocycles. The number of hydrogen-bond acceptors (Lipinski definition) is 7. The normalized spacial score (nSPS) is 23.9. The van der Waals surface area contributed by atoms with Crippen LogP contribution in [0.5, 0.6) is 0 Å². The molecule has 1 aliphatic carbocycles. The number of carboxylic acid groups (broad SMARTS) is 1. The molecule has 1 aromatic rings. The summed E-state index contributed by atoms with van der Waals surface area (Å²) in [5.41, 5.74) is -0.107. The van der Waals surface area contributed by atoms with Gasteiger partial charge in [0.15, 0.2) is 5.69 Å². The first-order valence-electron chi connectivity index (χ1n) is 10.5. The van der Waals surface area contributed by atoms with Crippen LogP contribution >= 0.6 is 0 Å². The lowest BCUT2D eigenvalue weighted by Crippen LogP contribution is -2.51. The Morgan fingerprint density at radius 2 is 1.93 bits per heavy atom. The fourth-order valence-corrected chi connectivity index (χ4v) is 4.08. The molecule has 0 aromatic carbocycles. The Kier molecular flexibility index (Phi) is 6.25. The number of morpholine rings is 1. The maximum absolute atomic E-state index is 12.3. The van der Waals surface area contributed by atoms with Gasteiger partial charge in [0.2, 0.25) is 5.91 Å². The minimum Gasteiger partial charge on any atom is -0.476 e. The van der Waals surface area contributed by atoms with E-state index in [2.05, 4.69) is 20.2 Å². The number of aromatic carboxylic acids is 1. The molecule has 1 aromatic heterocycles. The van der Waals surface area contributed by atoms with E-state index in [1.165, 1.54) is 31.8 Å². The lowest BCUT2D eigenvalue weighted by molar-refractivity contribution is -0.149. The monoisotopic (exact) mass is 403 g/mol. The maximum atomic E-state index is 12.3. The third-order valence-corrected chi connectivity index (χ3v) is 5.98. The zero-order valence-electron chi connectivity index (χ0n) is 16.6. The summed E-state index contributed by atoms with van der Waals surface area (Å²) < 4.78 is 5.65. The van der Waals surface area contributed by atoms with Crippen molar-refractivity contribution < 1.29 is 19.4 Å². The van der Waals surface area contributed by atoms with Crippen molar-refractivity contribution in [1.29, 1.82) is 0 Å². The summed E-state index contributed by atoms with van der Waals surface area (Å²) in [6, 6.07) is 0. The van der Waals surface area contributed by atoms with Crippen LogP contribution < -0.4 is 5.32 Å². The second-order valence-electron chi connectivity index (χ2n) is 8.39. The quantitative estimate of drug-likeness (QED) is 0.660. The summed E-state index contributed by atoms with van der Waals surface area (Å²) in [6.07, 6.45) is 7.62. The van der Waals surface area contributed by atoms with Crippen molar-refractivity contribution in [3.8, 4) is 0 Å². The van der Waals surface area contributed by atoms with Crippen molar-refractivity contribution in [1.82, 2.24) is 19.8 Å². The van der Waals surface area contributed by atoms with Crippen LogP contribution in [0, 0.1) is 11.8 Å². The molecule has 9 nitrogen and oxygen atoms in total. The number of carboxylic acids is 1. The highest BCUT2D eigenvalue weighted by Gasteiger charge is 2.31. The Morgan fingerprint density at radius 3 is 2.66 bits per heavy atom. The average Bonchev–Trinajstić information content (AvgIpc) is 3.54. The van der Waals surface area contributed by atoms with E-state index >= 15 is 0 Å². The number of piperidine rings is 1. The maximum Gasteiger partial charge on any atom is 0.356 e. The Balaban J connectivity index is 1.23. The predicted octanol–water partition coefficient (Wildman–Crippen LogP) is 0.936. The largest absolute Gasteiger partial charge is 0.476 e. The van der Waals surface area contributed by atoms with Gasteiger partial charge in [-0.15, -0.1) is 0 Å². The predicted molar refractivity (Wildman–Crippen MR) is 106 cm³/mol. The standard InChI is InChI=1S/C20H29N5O4/c26-19-13-29-16(7-22-18-9-21-8-17(23-18)20(27)28)12-25(19)11-15-3-5-24(6-4-15)10-14-1-2-14/h8-9,14-16H,1-7,10-13H2,(H,22,23)(H,27,28)/t16-/m0/s1. The van der Waals surface area contributed by atoms with Crippen molar-refractivity contribution in [3.63, 3.8) is 0 Å². The molecule has 1 amide bonds. The fraction of sp³-hybridized carbons (Fsp3) is 0.700. The van der Waals surface area contributed by atoms with Crippen molar-refractivity contribution >= 4 is 17.7 Å². The third-order valence-electron chi connectivity index (χ3n) is 5.98. The summed E-state index contributed by atoms with van der Waals surface area (Å²) in [4.78, 5) is 35.7. The summed E-state index contributed by atoms with van der Waals surface area (Å²) in [7, 11) is 0. The molecule has 0 radical (unpaired) electrons. The lowest BCUT2D eigenvalue weighted by Gasteiger charge is -2.38. The molecule has 0 unspecified atom stereocenters. The second-order valence-corrected chi connectivity index (χ2v) is 8.39. The topological polar surface area (TPSA) is 108 Å². The molecule has 0 bridgehead atoms. The number of nitrogens with zero attached hydrogens (tertiary/aromatic N) is 4. The van der Waals surface area contributed by atoms with Crippen molar-refractivity contribution in [2.45, 2.75) is 31.8 Å². The Hall–Kier alpha value is -2.26. The highest BCUT2D eigenvalue weighted by Crippen LogP contribution is 2.31. The molecule has 2 aliphatic heterocycles. The van der Waals surface area contributed by atoms with E-state index in [1.807, 2.05) is 4.90 Å². The van der Waals surface area contributed by atoms with E-state index in [-0.39, 0.29) is 24.3 Å². The zero-order chi connectivity index (χ0) is 20.2. The van der Waals surface area contributed by atoms with Gasteiger partial charge in [-0.05, 0) is 50.6 Å². The van der Waals surface area contributed by atoms with Gasteiger partial charge in [0.05, 0.1) is 18.5 Å². The van der Waals surface area contributed by atoms with Crippen LogP contribution in [0.15, 0.2) is 12.4 Å². The number of rotatable bonds is 8. The number of amides is 1. The van der Waals surface area contributed by atoms with E-state index in [9.17, 15) is 9.59 Å². The molecule has 3 aliphatic rings. The number of anilines is 1. The summed E-state index contributed by atoms with van der Waals surface area (Å²) in [5.74, 6) is 0.810. The number of ether oxygens (including phenoxy) is 1. The summed E-state index contributed by atoms with van der Waals surface area (Å²) in [5, 5.41) is 12.1. The van der Waals surface area contributed by atoms with Gasteiger partial charge in [0.25, 0.3) is 0 Å². The number of hydrogen-bond donors (Lipinski definition) is 2. The van der Waals surface area contributed by atoms with Gasteiger partial charge < -0.3 is 25.0 Å². The van der Waals surface area contributed by atoms with E-state index in [0.717, 1.165) is 38.4 Å². The van der Waals surface area contributed by atoms with Gasteiger partial charge in [-0.1, -0.05) is 0 Å². The number of nitrogens with one attached hydrogen (secondary N) is 1. The Morgan fingerprint density at radius 1 is 1.17 bits per heavy atom. The molecule has 9 heteroatoms. The number of likely N-dealkylation sites (tertiary alicyclic amines) is 1. The van der Waals surface area contributed by atoms with Gasteiger partial charge in [0, 0.05) is 26.2 Å². The van der Waals surface area contributed by atoms with E-state index < -0.39 is 5.97 Å². The van der Waals surface area contributed by atoms with E-state index in [1.54, 1.807) is 0 Å². The fourth-order valence-electron chi connectivity index (χ4n) is 4.08. The molecule has 1 saturated carbocycles. The molecule has 3 fully saturated rings. The lowest BCUT2D eigenvalue weighted by atomic mass is 9.95. The van der Waals surface area contributed by atoms with Gasteiger partial charge in [-0.3, -0.25) is 9.78 Å². The van der Waals surface area contributed by atoms with Crippen LogP contribution in [0.3, 0.4) is 0 Å². The second kappa shape index (κ2) is 9.04. The Bertz CT molecular complexity index is 733. The highest BCUT2D eigenvalue weighted by atomic mass is 16.5. The molecule has 0 spiro atoms. The summed E-state index contributed by atoms with van der Waals surface area (Å²) in [6.45, 7) is 5.41. The molecule has 1 atom stereocenters. The minimum absolute atomic E-state index is 0.0503. The minimum atomic E-state index is -1.12. The molecule has 2 saturated heterocycles. The molecule has 29 heavy (non-hydrogen) atoms. The molecular weight excluding hydrogens is 374 g/mol. The van der Waals surface area contributed by atoms with Crippen LogP contribution in [0.1, 0.15) is 36.2 Å². The highest BCUT2D eigenvalue weighted by molar-refractivity contribution is 5.85. The first-order valence-corrected chi connectivity index (χ1v) is 10.5. The number of aromatic nitrogens is 2. The van der Waals surface area contributed by atoms with Crippen molar-refractivity contribution in [2.75, 3.05) is 51.2 Å². The van der Waals surface area contributed by atoms with Crippen molar-refractivity contribution in [3.05, 3.63) is 18.1 Å². The first kappa shape index (κ1) is 20.0. The van der Waals surface area contributed by atoms with Gasteiger partial charge in [0.1, 0.15) is 12.4 Å². The van der Waals surface area contributed by atoms with Crippen LogP contribution in [-0.4, -0.2) is 88.7 Å². The van der Waals surface area contributed by atoms with Gasteiger partial charge in [-0.25, -0.2) is 9.78 Å². The number of carbonyl (C=O) groups is 2. The molecular formula is C20H29N5O4. The van der Waals surface area contributed by atoms with Crippen LogP contribution in [0.2, 0.25) is 0 Å². The SMILES string of the molecule is O=C(O)c1cncc(NC[C@H]2CN(CC3CCN(CC4CC4)CC3)C(=O)CO2)n1. The third kappa shape index (κ3) is 5.63. The number of carbonyl (C=O) groups excluding carboxylic acids is 1. The molecule has 158 valence electrons. The molecule has 4 rings (SSSR count). The summed E-state index contributed by atoms with van der Waals surface area (Å²) >= 11 is 0. The van der Waals surface area contributed by atoms with Gasteiger partial charge >= 0.3 is 5.97 Å².